The molecule has 4 N–H and O–H groups in total. The number of unbranched alkanes of at least 4 members (excludes halogenated alkanes) is 15. The Morgan fingerprint density at radius 3 is 1.59 bits per heavy atom. The minimum Gasteiger partial charge on any atom is -0.480 e. The minimum atomic E-state index is -4.62. The number of carboxylic acid groups (broad SMARTS) is 1. The van der Waals surface area contributed by atoms with Crippen LogP contribution in [0.3, 0.4) is 0 Å². The quantitative estimate of drug-likeness (QED) is 0.0237. The topological polar surface area (TPSA) is 155 Å². The average molecular weight is 782 g/mol. The largest absolute Gasteiger partial charge is 0.480 e. The molecule has 10 nitrogen and oxygen atoms in total. The van der Waals surface area contributed by atoms with Gasteiger partial charge < -0.3 is 25.2 Å². The van der Waals surface area contributed by atoms with Crippen LogP contribution >= 0.6 is 7.82 Å². The van der Waals surface area contributed by atoms with Crippen molar-refractivity contribution in [3.8, 4) is 0 Å². The molecule has 0 aromatic heterocycles. The first-order valence-electron chi connectivity index (χ1n) is 20.8. The third-order valence-corrected chi connectivity index (χ3v) is 9.51. The number of hydrogen-bond acceptors (Lipinski definition) is 8. The van der Waals surface area contributed by atoms with Crippen LogP contribution in [0.15, 0.2) is 60.8 Å². The fraction of sp³-hybridized carbons (Fsp3) is 0.721. The van der Waals surface area contributed by atoms with Crippen LogP contribution in [0.2, 0.25) is 0 Å². The zero-order valence-electron chi connectivity index (χ0n) is 33.8. The summed E-state index contributed by atoms with van der Waals surface area (Å²) in [6, 6.07) is -1.48. The lowest BCUT2D eigenvalue weighted by Crippen LogP contribution is -2.34. The molecule has 0 aliphatic carbocycles. The Labute approximate surface area is 328 Å². The molecule has 0 amide bonds. The summed E-state index contributed by atoms with van der Waals surface area (Å²) >= 11 is 0. The number of nitrogens with two attached hydrogens (primary N) is 1. The van der Waals surface area contributed by atoms with Crippen molar-refractivity contribution < 1.29 is 42.7 Å². The maximum atomic E-state index is 12.6. The Morgan fingerprint density at radius 1 is 0.611 bits per heavy atom. The van der Waals surface area contributed by atoms with Crippen LogP contribution in [0.25, 0.3) is 0 Å². The lowest BCUT2D eigenvalue weighted by Gasteiger charge is -2.20. The van der Waals surface area contributed by atoms with E-state index in [0.29, 0.717) is 13.0 Å². The van der Waals surface area contributed by atoms with Crippen molar-refractivity contribution in [2.45, 2.75) is 174 Å². The van der Waals surface area contributed by atoms with E-state index in [1.807, 2.05) is 0 Å². The Bertz CT molecular complexity index is 1090. The third kappa shape index (κ3) is 38.0. The van der Waals surface area contributed by atoms with Gasteiger partial charge in [0.05, 0.1) is 19.8 Å². The fourth-order valence-corrected chi connectivity index (χ4v) is 6.11. The maximum Gasteiger partial charge on any atom is 0.472 e. The zero-order chi connectivity index (χ0) is 39.8. The van der Waals surface area contributed by atoms with Gasteiger partial charge in [-0.3, -0.25) is 18.6 Å². The van der Waals surface area contributed by atoms with Crippen LogP contribution < -0.4 is 5.73 Å². The van der Waals surface area contributed by atoms with Crippen LogP contribution in [0.4, 0.5) is 0 Å². The number of allylic oxidation sites excluding steroid dienone is 10. The molecule has 0 heterocycles. The van der Waals surface area contributed by atoms with E-state index in [2.05, 4.69) is 74.6 Å². The number of ether oxygens (including phenoxy) is 2. The normalized spacial score (nSPS) is 14.6. The molecule has 0 saturated heterocycles. The van der Waals surface area contributed by atoms with Gasteiger partial charge in [-0.2, -0.15) is 0 Å². The molecule has 3 atom stereocenters. The molecule has 0 aromatic rings. The molecule has 0 fully saturated rings. The summed E-state index contributed by atoms with van der Waals surface area (Å²) in [5.41, 5.74) is 5.34. The molecule has 0 rings (SSSR count). The molecule has 0 bridgehead atoms. The van der Waals surface area contributed by atoms with Crippen molar-refractivity contribution in [1.29, 1.82) is 0 Å². The molecule has 0 aliphatic rings. The number of phosphoric acid groups is 1. The summed E-state index contributed by atoms with van der Waals surface area (Å²) in [7, 11) is -4.62. The predicted molar refractivity (Wildman–Crippen MR) is 221 cm³/mol. The standard InChI is InChI=1S/C43H76NO9P/c1-3-5-7-9-11-13-15-17-18-19-20-21-22-23-25-27-29-31-33-35-42(45)53-40(38-51-54(48,49)52-39-41(44)43(46)47)37-50-36-34-32-30-28-26-24-16-14-12-10-8-6-4-2/h5,7,11,13,17-18,20-21,23,25,40-41H,3-4,6,8-10,12,14-16,19,22,24,26-39,44H2,1-2H3,(H,46,47)(H,48,49)/b7-5-,13-11-,18-17-,21-20-,25-23-. The number of carbonyl (C=O) groups is 2. The number of carboxylic acids is 1. The van der Waals surface area contributed by atoms with Crippen LogP contribution in [0.5, 0.6) is 0 Å². The maximum absolute atomic E-state index is 12.6. The summed E-state index contributed by atoms with van der Waals surface area (Å²) in [4.78, 5) is 33.5. The molecular weight excluding hydrogens is 705 g/mol. The van der Waals surface area contributed by atoms with Crippen LogP contribution in [0, 0.1) is 0 Å². The molecular formula is C43H76NO9P. The van der Waals surface area contributed by atoms with Crippen molar-refractivity contribution >= 4 is 19.8 Å². The number of carbonyl (C=O) groups excluding carboxylic acids is 1. The van der Waals surface area contributed by atoms with E-state index in [9.17, 15) is 19.0 Å². The molecule has 3 unspecified atom stereocenters. The smallest absolute Gasteiger partial charge is 0.472 e. The average Bonchev–Trinajstić information content (AvgIpc) is 3.15. The van der Waals surface area contributed by atoms with Gasteiger partial charge in [-0.05, 0) is 57.8 Å². The molecule has 312 valence electrons. The van der Waals surface area contributed by atoms with Crippen molar-refractivity contribution in [3.63, 3.8) is 0 Å². The summed E-state index contributed by atoms with van der Waals surface area (Å²) in [6.07, 6.45) is 45.5. The predicted octanol–water partition coefficient (Wildman–Crippen LogP) is 11.3. The summed E-state index contributed by atoms with van der Waals surface area (Å²) < 4.78 is 33.3. The Kier molecular flexibility index (Phi) is 37.2. The first-order valence-corrected chi connectivity index (χ1v) is 22.3. The van der Waals surface area contributed by atoms with Gasteiger partial charge in [0.25, 0.3) is 0 Å². The van der Waals surface area contributed by atoms with Gasteiger partial charge in [0.1, 0.15) is 12.1 Å². The van der Waals surface area contributed by atoms with Gasteiger partial charge >= 0.3 is 19.8 Å². The van der Waals surface area contributed by atoms with Gasteiger partial charge in [0, 0.05) is 13.0 Å². The molecule has 11 heteroatoms. The second-order valence-electron chi connectivity index (χ2n) is 13.7. The van der Waals surface area contributed by atoms with E-state index in [1.165, 1.54) is 64.2 Å². The molecule has 0 spiro atoms. The Morgan fingerprint density at radius 2 is 1.07 bits per heavy atom. The molecule has 0 aliphatic heterocycles. The monoisotopic (exact) mass is 782 g/mol. The Balaban J connectivity index is 4.34. The fourth-order valence-electron chi connectivity index (χ4n) is 5.33. The van der Waals surface area contributed by atoms with E-state index in [1.54, 1.807) is 0 Å². The lowest BCUT2D eigenvalue weighted by molar-refractivity contribution is -0.154. The highest BCUT2D eigenvalue weighted by Crippen LogP contribution is 2.43. The van der Waals surface area contributed by atoms with E-state index >= 15 is 0 Å². The van der Waals surface area contributed by atoms with Gasteiger partial charge in [-0.25, -0.2) is 4.57 Å². The summed E-state index contributed by atoms with van der Waals surface area (Å²) in [6.45, 7) is 3.72. The SMILES string of the molecule is CC/C=C\C/C=C\C/C=C\C/C=C\C/C=C\CCCCCC(=O)OC(COCCCCCCCCCCCCCCC)COP(=O)(O)OCC(N)C(=O)O. The number of phosphoric ester groups is 1. The highest BCUT2D eigenvalue weighted by molar-refractivity contribution is 7.47. The number of hydrogen-bond donors (Lipinski definition) is 3. The summed E-state index contributed by atoms with van der Waals surface area (Å²) in [5.74, 6) is -1.81. The highest BCUT2D eigenvalue weighted by atomic mass is 31.2. The minimum absolute atomic E-state index is 0.00269. The molecule has 0 aromatic carbocycles. The van der Waals surface area contributed by atoms with Gasteiger partial charge in [-0.1, -0.05) is 158 Å². The first kappa shape index (κ1) is 51.7. The third-order valence-electron chi connectivity index (χ3n) is 8.56. The zero-order valence-corrected chi connectivity index (χ0v) is 34.7. The second kappa shape index (κ2) is 38.9. The van der Waals surface area contributed by atoms with Gasteiger partial charge in [-0.15, -0.1) is 0 Å². The molecule has 0 radical (unpaired) electrons. The number of esters is 1. The van der Waals surface area contributed by atoms with E-state index in [-0.39, 0.29) is 13.0 Å². The lowest BCUT2D eigenvalue weighted by atomic mass is 10.0. The Hall–Kier alpha value is -2.33. The van der Waals surface area contributed by atoms with Crippen molar-refractivity contribution in [3.05, 3.63) is 60.8 Å². The van der Waals surface area contributed by atoms with E-state index in [4.69, 9.17) is 29.4 Å². The van der Waals surface area contributed by atoms with Crippen LogP contribution in [-0.2, 0) is 32.7 Å². The highest BCUT2D eigenvalue weighted by Gasteiger charge is 2.27. The van der Waals surface area contributed by atoms with Gasteiger partial charge in [0.2, 0.25) is 0 Å². The van der Waals surface area contributed by atoms with E-state index in [0.717, 1.165) is 70.6 Å². The van der Waals surface area contributed by atoms with Gasteiger partial charge in [0.15, 0.2) is 0 Å². The van der Waals surface area contributed by atoms with Crippen LogP contribution in [0.1, 0.15) is 162 Å². The van der Waals surface area contributed by atoms with Crippen molar-refractivity contribution in [2.75, 3.05) is 26.4 Å². The second-order valence-corrected chi connectivity index (χ2v) is 15.2. The molecule has 54 heavy (non-hydrogen) atoms. The van der Waals surface area contributed by atoms with Crippen molar-refractivity contribution in [1.82, 2.24) is 0 Å². The van der Waals surface area contributed by atoms with E-state index < -0.39 is 45.1 Å². The van der Waals surface area contributed by atoms with Crippen LogP contribution in [-0.4, -0.2) is 60.5 Å². The number of aliphatic carboxylic acids is 1. The molecule has 0 saturated carbocycles. The number of rotatable bonds is 39. The first-order chi connectivity index (χ1) is 26.2. The summed E-state index contributed by atoms with van der Waals surface area (Å²) in [5, 5.41) is 8.88. The van der Waals surface area contributed by atoms with Crippen molar-refractivity contribution in [2.24, 2.45) is 5.73 Å².